The van der Waals surface area contributed by atoms with Crippen molar-refractivity contribution in [1.29, 1.82) is 0 Å². The van der Waals surface area contributed by atoms with E-state index in [9.17, 15) is 0 Å². The average molecular weight is 297 g/mol. The predicted octanol–water partition coefficient (Wildman–Crippen LogP) is 3.19. The summed E-state index contributed by atoms with van der Waals surface area (Å²) in [6.45, 7) is 6.59. The second-order valence-electron chi connectivity index (χ2n) is 5.14. The number of methoxy groups -OCH3 is 3. The van der Waals surface area contributed by atoms with E-state index in [0.29, 0.717) is 29.8 Å². The van der Waals surface area contributed by atoms with E-state index < -0.39 is 0 Å². The minimum absolute atomic E-state index is 0.596. The number of rotatable bonds is 10. The van der Waals surface area contributed by atoms with E-state index in [1.54, 1.807) is 21.3 Å². The fraction of sp³-hybridized carbons (Fsp3) is 0.625. The maximum Gasteiger partial charge on any atom is 0.203 e. The van der Waals surface area contributed by atoms with E-state index in [1.807, 2.05) is 12.1 Å². The van der Waals surface area contributed by atoms with Gasteiger partial charge in [0.05, 0.1) is 27.9 Å². The van der Waals surface area contributed by atoms with Crippen LogP contribution >= 0.6 is 0 Å². The lowest BCUT2D eigenvalue weighted by atomic mass is 10.1. The van der Waals surface area contributed by atoms with Crippen LogP contribution < -0.4 is 19.5 Å². The molecule has 1 N–H and O–H groups in total. The molecule has 5 nitrogen and oxygen atoms in total. The summed E-state index contributed by atoms with van der Waals surface area (Å²) < 4.78 is 21.5. The van der Waals surface area contributed by atoms with Crippen LogP contribution in [0.3, 0.4) is 0 Å². The largest absolute Gasteiger partial charge is 0.493 e. The Morgan fingerprint density at radius 1 is 0.952 bits per heavy atom. The van der Waals surface area contributed by atoms with Crippen molar-refractivity contribution >= 4 is 5.69 Å². The van der Waals surface area contributed by atoms with Crippen LogP contribution in [0.15, 0.2) is 12.1 Å². The van der Waals surface area contributed by atoms with Gasteiger partial charge >= 0.3 is 0 Å². The molecule has 0 aliphatic rings. The van der Waals surface area contributed by atoms with Gasteiger partial charge in [0.25, 0.3) is 0 Å². The van der Waals surface area contributed by atoms with Gasteiger partial charge in [-0.1, -0.05) is 13.8 Å². The number of anilines is 1. The van der Waals surface area contributed by atoms with E-state index in [-0.39, 0.29) is 0 Å². The lowest BCUT2D eigenvalue weighted by Crippen LogP contribution is -2.11. The standard InChI is InChI=1S/C16H27NO4/c1-12(2)6-8-21-9-7-17-13-10-14(18-3)16(20-5)15(11-13)19-4/h10-12,17H,6-9H2,1-5H3. The highest BCUT2D eigenvalue weighted by Crippen LogP contribution is 2.39. The molecule has 0 saturated carbocycles. The molecule has 21 heavy (non-hydrogen) atoms. The highest BCUT2D eigenvalue weighted by molar-refractivity contribution is 5.62. The van der Waals surface area contributed by atoms with Gasteiger partial charge < -0.3 is 24.3 Å². The lowest BCUT2D eigenvalue weighted by Gasteiger charge is -2.15. The molecule has 0 unspecified atom stereocenters. The van der Waals surface area contributed by atoms with Crippen molar-refractivity contribution < 1.29 is 18.9 Å². The lowest BCUT2D eigenvalue weighted by molar-refractivity contribution is 0.132. The first-order valence-corrected chi connectivity index (χ1v) is 7.24. The second kappa shape index (κ2) is 9.34. The minimum Gasteiger partial charge on any atom is -0.493 e. The number of hydrogen-bond donors (Lipinski definition) is 1. The molecule has 0 radical (unpaired) electrons. The zero-order valence-electron chi connectivity index (χ0n) is 13.7. The summed E-state index contributed by atoms with van der Waals surface area (Å²) in [5.41, 5.74) is 0.914. The minimum atomic E-state index is 0.596. The zero-order chi connectivity index (χ0) is 15.7. The van der Waals surface area contributed by atoms with Gasteiger partial charge in [-0.05, 0) is 12.3 Å². The summed E-state index contributed by atoms with van der Waals surface area (Å²) in [5.74, 6) is 2.55. The number of benzene rings is 1. The molecule has 1 aromatic carbocycles. The Bertz CT molecular complexity index is 396. The fourth-order valence-corrected chi connectivity index (χ4v) is 1.87. The van der Waals surface area contributed by atoms with Gasteiger partial charge in [0.1, 0.15) is 0 Å². The van der Waals surface area contributed by atoms with Crippen molar-refractivity contribution in [3.63, 3.8) is 0 Å². The van der Waals surface area contributed by atoms with Gasteiger partial charge in [-0.2, -0.15) is 0 Å². The van der Waals surface area contributed by atoms with Crippen molar-refractivity contribution in [2.24, 2.45) is 5.92 Å². The van der Waals surface area contributed by atoms with Crippen LogP contribution in [-0.2, 0) is 4.74 Å². The van der Waals surface area contributed by atoms with Crippen LogP contribution in [0.2, 0.25) is 0 Å². The van der Waals surface area contributed by atoms with Crippen LogP contribution in [0.4, 0.5) is 5.69 Å². The molecule has 0 heterocycles. The van der Waals surface area contributed by atoms with Crippen molar-refractivity contribution in [2.75, 3.05) is 46.4 Å². The molecule has 0 aliphatic heterocycles. The van der Waals surface area contributed by atoms with Gasteiger partial charge in [-0.15, -0.1) is 0 Å². The molecule has 1 rings (SSSR count). The summed E-state index contributed by atoms with van der Waals surface area (Å²) >= 11 is 0. The summed E-state index contributed by atoms with van der Waals surface area (Å²) in [4.78, 5) is 0. The third-order valence-corrected chi connectivity index (χ3v) is 3.08. The van der Waals surface area contributed by atoms with Gasteiger partial charge in [0.15, 0.2) is 11.5 Å². The highest BCUT2D eigenvalue weighted by atomic mass is 16.5. The van der Waals surface area contributed by atoms with Crippen molar-refractivity contribution in [2.45, 2.75) is 20.3 Å². The number of hydrogen-bond acceptors (Lipinski definition) is 5. The number of ether oxygens (including phenoxy) is 4. The Balaban J connectivity index is 2.51. The smallest absolute Gasteiger partial charge is 0.203 e. The average Bonchev–Trinajstić information content (AvgIpc) is 2.49. The van der Waals surface area contributed by atoms with Gasteiger partial charge in [-0.3, -0.25) is 0 Å². The van der Waals surface area contributed by atoms with Crippen molar-refractivity contribution in [3.8, 4) is 17.2 Å². The predicted molar refractivity (Wildman–Crippen MR) is 84.9 cm³/mol. The monoisotopic (exact) mass is 297 g/mol. The molecule has 0 aliphatic carbocycles. The normalized spacial score (nSPS) is 10.6. The van der Waals surface area contributed by atoms with Crippen LogP contribution in [0, 0.1) is 5.92 Å². The van der Waals surface area contributed by atoms with E-state index in [1.165, 1.54) is 0 Å². The van der Waals surface area contributed by atoms with Gasteiger partial charge in [0.2, 0.25) is 5.75 Å². The molecule has 0 spiro atoms. The highest BCUT2D eigenvalue weighted by Gasteiger charge is 2.12. The van der Waals surface area contributed by atoms with Crippen molar-refractivity contribution in [1.82, 2.24) is 0 Å². The Kier molecular flexibility index (Phi) is 7.75. The molecule has 1 aromatic rings. The summed E-state index contributed by atoms with van der Waals surface area (Å²) in [7, 11) is 4.81. The Morgan fingerprint density at radius 3 is 2.05 bits per heavy atom. The molecule has 0 saturated heterocycles. The van der Waals surface area contributed by atoms with Crippen LogP contribution in [0.5, 0.6) is 17.2 Å². The maximum atomic E-state index is 5.57. The van der Waals surface area contributed by atoms with Crippen LogP contribution in [-0.4, -0.2) is 41.1 Å². The molecular weight excluding hydrogens is 270 g/mol. The summed E-state index contributed by atoms with van der Waals surface area (Å²) in [5, 5.41) is 3.29. The SMILES string of the molecule is COc1cc(NCCOCCC(C)C)cc(OC)c1OC. The molecule has 120 valence electrons. The molecule has 0 fully saturated rings. The van der Waals surface area contributed by atoms with Gasteiger partial charge in [0, 0.05) is 31.0 Å². The first-order chi connectivity index (χ1) is 10.1. The first-order valence-electron chi connectivity index (χ1n) is 7.24. The van der Waals surface area contributed by atoms with E-state index in [0.717, 1.165) is 25.3 Å². The molecule has 5 heteroatoms. The second-order valence-corrected chi connectivity index (χ2v) is 5.14. The zero-order valence-corrected chi connectivity index (χ0v) is 13.7. The van der Waals surface area contributed by atoms with E-state index in [2.05, 4.69) is 19.2 Å². The molecule has 0 amide bonds. The molecular formula is C16H27NO4. The topological polar surface area (TPSA) is 49.0 Å². The van der Waals surface area contributed by atoms with Gasteiger partial charge in [-0.25, -0.2) is 0 Å². The first kappa shape index (κ1) is 17.4. The molecule has 0 bridgehead atoms. The van der Waals surface area contributed by atoms with E-state index >= 15 is 0 Å². The van der Waals surface area contributed by atoms with Crippen LogP contribution in [0.25, 0.3) is 0 Å². The molecule has 0 aromatic heterocycles. The summed E-state index contributed by atoms with van der Waals surface area (Å²) in [6.07, 6.45) is 1.09. The van der Waals surface area contributed by atoms with Crippen LogP contribution in [0.1, 0.15) is 20.3 Å². The molecule has 0 atom stereocenters. The maximum absolute atomic E-state index is 5.57. The Morgan fingerprint density at radius 2 is 1.57 bits per heavy atom. The quantitative estimate of drug-likeness (QED) is 0.672. The third-order valence-electron chi connectivity index (χ3n) is 3.08. The fourth-order valence-electron chi connectivity index (χ4n) is 1.87. The Labute approximate surface area is 127 Å². The summed E-state index contributed by atoms with van der Waals surface area (Å²) in [6, 6.07) is 3.77. The van der Waals surface area contributed by atoms with Crippen molar-refractivity contribution in [3.05, 3.63) is 12.1 Å². The number of nitrogens with one attached hydrogen (secondary N) is 1. The van der Waals surface area contributed by atoms with E-state index in [4.69, 9.17) is 18.9 Å². The third kappa shape index (κ3) is 5.71. The Hall–Kier alpha value is -1.62.